The molecular formula is C16H22N2O. The molecule has 0 aromatic heterocycles. The fraction of sp³-hybridized carbons (Fsp3) is 0.438. The SMILES string of the molecule is CCCCOc1ccc(/C(N)=C(\C#N)CCC)cc1. The van der Waals surface area contributed by atoms with Gasteiger partial charge in [-0.15, -0.1) is 0 Å². The highest BCUT2D eigenvalue weighted by molar-refractivity contribution is 5.69. The third-order valence-corrected chi connectivity index (χ3v) is 2.89. The van der Waals surface area contributed by atoms with E-state index in [4.69, 9.17) is 15.7 Å². The summed E-state index contributed by atoms with van der Waals surface area (Å²) in [6.07, 6.45) is 3.81. The van der Waals surface area contributed by atoms with E-state index in [0.29, 0.717) is 11.3 Å². The number of unbranched alkanes of at least 4 members (excludes halogenated alkanes) is 1. The minimum atomic E-state index is 0.574. The number of nitrogens with two attached hydrogens (primary N) is 1. The first kappa shape index (κ1) is 15.1. The second-order valence-corrected chi connectivity index (χ2v) is 4.48. The van der Waals surface area contributed by atoms with Crippen molar-refractivity contribution in [1.82, 2.24) is 0 Å². The van der Waals surface area contributed by atoms with Gasteiger partial charge < -0.3 is 10.5 Å². The molecule has 102 valence electrons. The Morgan fingerprint density at radius 2 is 1.89 bits per heavy atom. The van der Waals surface area contributed by atoms with Crippen molar-refractivity contribution in [2.45, 2.75) is 39.5 Å². The Bertz CT molecular complexity index is 455. The molecule has 0 heterocycles. The lowest BCUT2D eigenvalue weighted by atomic mass is 10.0. The van der Waals surface area contributed by atoms with Gasteiger partial charge in [-0.3, -0.25) is 0 Å². The van der Waals surface area contributed by atoms with E-state index in [2.05, 4.69) is 13.0 Å². The molecule has 0 atom stereocenters. The summed E-state index contributed by atoms with van der Waals surface area (Å²) < 4.78 is 5.59. The van der Waals surface area contributed by atoms with Gasteiger partial charge in [-0.2, -0.15) is 5.26 Å². The summed E-state index contributed by atoms with van der Waals surface area (Å²) in [5, 5.41) is 9.07. The van der Waals surface area contributed by atoms with Gasteiger partial charge in [0.05, 0.1) is 23.9 Å². The smallest absolute Gasteiger partial charge is 0.119 e. The zero-order valence-corrected chi connectivity index (χ0v) is 11.8. The van der Waals surface area contributed by atoms with E-state index in [-0.39, 0.29) is 0 Å². The number of ether oxygens (including phenoxy) is 1. The van der Waals surface area contributed by atoms with Gasteiger partial charge in [-0.05, 0) is 42.7 Å². The quantitative estimate of drug-likeness (QED) is 0.596. The predicted octanol–water partition coefficient (Wildman–Crippen LogP) is 3.86. The lowest BCUT2D eigenvalue weighted by Crippen LogP contribution is -2.01. The Morgan fingerprint density at radius 3 is 2.42 bits per heavy atom. The van der Waals surface area contributed by atoms with Gasteiger partial charge in [0.25, 0.3) is 0 Å². The minimum Gasteiger partial charge on any atom is -0.494 e. The molecule has 0 aliphatic heterocycles. The zero-order valence-electron chi connectivity index (χ0n) is 11.8. The van der Waals surface area contributed by atoms with Crippen molar-refractivity contribution in [1.29, 1.82) is 5.26 Å². The molecule has 1 aromatic rings. The van der Waals surface area contributed by atoms with Gasteiger partial charge in [-0.1, -0.05) is 26.7 Å². The molecule has 3 heteroatoms. The fourth-order valence-corrected chi connectivity index (χ4v) is 1.74. The highest BCUT2D eigenvalue weighted by atomic mass is 16.5. The van der Waals surface area contributed by atoms with Crippen LogP contribution in [0.5, 0.6) is 5.75 Å². The van der Waals surface area contributed by atoms with Crippen molar-refractivity contribution in [2.75, 3.05) is 6.61 Å². The molecule has 0 radical (unpaired) electrons. The first-order chi connectivity index (χ1) is 9.22. The summed E-state index contributed by atoms with van der Waals surface area (Å²) in [6, 6.07) is 9.80. The second-order valence-electron chi connectivity index (χ2n) is 4.48. The number of rotatable bonds is 7. The Hall–Kier alpha value is -1.95. The summed E-state index contributed by atoms with van der Waals surface area (Å²) in [5.41, 5.74) is 8.13. The van der Waals surface area contributed by atoms with E-state index in [0.717, 1.165) is 43.6 Å². The Labute approximate surface area is 115 Å². The number of nitriles is 1. The molecule has 0 aliphatic carbocycles. The Morgan fingerprint density at radius 1 is 1.21 bits per heavy atom. The summed E-state index contributed by atoms with van der Waals surface area (Å²) in [7, 11) is 0. The third-order valence-electron chi connectivity index (χ3n) is 2.89. The van der Waals surface area contributed by atoms with Crippen LogP contribution in [-0.4, -0.2) is 6.61 Å². The van der Waals surface area contributed by atoms with Crippen LogP contribution in [0.3, 0.4) is 0 Å². The average Bonchev–Trinajstić information content (AvgIpc) is 2.45. The molecule has 0 spiro atoms. The van der Waals surface area contributed by atoms with Crippen LogP contribution in [0.4, 0.5) is 0 Å². The molecule has 0 fully saturated rings. The molecule has 19 heavy (non-hydrogen) atoms. The molecule has 3 nitrogen and oxygen atoms in total. The van der Waals surface area contributed by atoms with E-state index >= 15 is 0 Å². The van der Waals surface area contributed by atoms with Crippen LogP contribution >= 0.6 is 0 Å². The van der Waals surface area contributed by atoms with Crippen molar-refractivity contribution < 1.29 is 4.74 Å². The van der Waals surface area contributed by atoms with E-state index in [9.17, 15) is 0 Å². The fourth-order valence-electron chi connectivity index (χ4n) is 1.74. The first-order valence-electron chi connectivity index (χ1n) is 6.84. The van der Waals surface area contributed by atoms with Gasteiger partial charge in [0.1, 0.15) is 5.75 Å². The van der Waals surface area contributed by atoms with Crippen LogP contribution in [0.15, 0.2) is 29.8 Å². The maximum atomic E-state index is 9.07. The molecule has 0 unspecified atom stereocenters. The van der Waals surface area contributed by atoms with Crippen LogP contribution < -0.4 is 10.5 Å². The van der Waals surface area contributed by atoms with Crippen LogP contribution in [0.2, 0.25) is 0 Å². The summed E-state index contributed by atoms with van der Waals surface area (Å²) in [5.74, 6) is 0.846. The van der Waals surface area contributed by atoms with E-state index in [1.54, 1.807) is 0 Å². The highest BCUT2D eigenvalue weighted by Gasteiger charge is 2.05. The molecule has 0 amide bonds. The lowest BCUT2D eigenvalue weighted by molar-refractivity contribution is 0.309. The van der Waals surface area contributed by atoms with Gasteiger partial charge in [0.15, 0.2) is 0 Å². The van der Waals surface area contributed by atoms with E-state index in [1.807, 2.05) is 31.2 Å². The number of nitrogens with zero attached hydrogens (tertiary/aromatic N) is 1. The summed E-state index contributed by atoms with van der Waals surface area (Å²) in [6.45, 7) is 4.91. The van der Waals surface area contributed by atoms with Crippen LogP contribution in [-0.2, 0) is 0 Å². The number of benzene rings is 1. The van der Waals surface area contributed by atoms with E-state index in [1.165, 1.54) is 0 Å². The summed E-state index contributed by atoms with van der Waals surface area (Å²) in [4.78, 5) is 0. The summed E-state index contributed by atoms with van der Waals surface area (Å²) >= 11 is 0. The first-order valence-corrected chi connectivity index (χ1v) is 6.84. The van der Waals surface area contributed by atoms with Gasteiger partial charge in [0, 0.05) is 0 Å². The van der Waals surface area contributed by atoms with Crippen molar-refractivity contribution in [2.24, 2.45) is 5.73 Å². The maximum absolute atomic E-state index is 9.07. The standard InChI is InChI=1S/C16H22N2O/c1-3-5-11-19-15-9-7-13(8-10-15)16(18)14(12-17)6-4-2/h7-10H,3-6,11,18H2,1-2H3/b16-14+. The number of hydrogen-bond donors (Lipinski definition) is 1. The predicted molar refractivity (Wildman–Crippen MR) is 78.5 cm³/mol. The van der Waals surface area contributed by atoms with Crippen molar-refractivity contribution in [3.8, 4) is 11.8 Å². The number of allylic oxidation sites excluding steroid dienone is 1. The van der Waals surface area contributed by atoms with Crippen molar-refractivity contribution in [3.05, 3.63) is 35.4 Å². The normalized spacial score (nSPS) is 11.6. The highest BCUT2D eigenvalue weighted by Crippen LogP contribution is 2.20. The Kier molecular flexibility index (Phi) is 6.52. The van der Waals surface area contributed by atoms with Gasteiger partial charge in [-0.25, -0.2) is 0 Å². The second kappa shape index (κ2) is 8.20. The van der Waals surface area contributed by atoms with Gasteiger partial charge >= 0.3 is 0 Å². The molecule has 0 aliphatic rings. The topological polar surface area (TPSA) is 59.0 Å². The van der Waals surface area contributed by atoms with Crippen LogP contribution in [0, 0.1) is 11.3 Å². The molecule has 0 saturated heterocycles. The molecular weight excluding hydrogens is 236 g/mol. The zero-order chi connectivity index (χ0) is 14.1. The largest absolute Gasteiger partial charge is 0.494 e. The molecule has 0 bridgehead atoms. The van der Waals surface area contributed by atoms with Crippen LogP contribution in [0.25, 0.3) is 5.70 Å². The van der Waals surface area contributed by atoms with Crippen molar-refractivity contribution >= 4 is 5.70 Å². The van der Waals surface area contributed by atoms with Gasteiger partial charge in [0.2, 0.25) is 0 Å². The molecule has 0 saturated carbocycles. The maximum Gasteiger partial charge on any atom is 0.119 e. The minimum absolute atomic E-state index is 0.574. The third kappa shape index (κ3) is 4.67. The monoisotopic (exact) mass is 258 g/mol. The molecule has 2 N–H and O–H groups in total. The average molecular weight is 258 g/mol. The number of hydrogen-bond acceptors (Lipinski definition) is 3. The molecule has 1 aromatic carbocycles. The molecule has 1 rings (SSSR count). The van der Waals surface area contributed by atoms with Crippen molar-refractivity contribution in [3.63, 3.8) is 0 Å². The van der Waals surface area contributed by atoms with E-state index < -0.39 is 0 Å². The Balaban J connectivity index is 2.78. The lowest BCUT2D eigenvalue weighted by Gasteiger charge is -2.08. The van der Waals surface area contributed by atoms with Crippen LogP contribution in [0.1, 0.15) is 45.1 Å².